The van der Waals surface area contributed by atoms with Crippen LogP contribution in [0.15, 0.2) is 0 Å². The Labute approximate surface area is 162 Å². The van der Waals surface area contributed by atoms with Gasteiger partial charge in [-0.05, 0) is 71.4 Å². The highest BCUT2D eigenvalue weighted by molar-refractivity contribution is 5.76. The van der Waals surface area contributed by atoms with Crippen LogP contribution in [0.2, 0.25) is 0 Å². The van der Waals surface area contributed by atoms with Gasteiger partial charge in [-0.25, -0.2) is 9.67 Å². The highest BCUT2D eigenvalue weighted by Gasteiger charge is 2.44. The largest absolute Gasteiger partial charge is 0.376 e. The van der Waals surface area contributed by atoms with Crippen molar-refractivity contribution in [2.24, 2.45) is 17.8 Å². The van der Waals surface area contributed by atoms with Crippen LogP contribution in [0.5, 0.6) is 0 Å². The molecule has 0 radical (unpaired) electrons. The molecular weight excluding hydrogens is 342 g/mol. The molecule has 1 saturated heterocycles. The molecule has 0 N–H and O–H groups in total. The van der Waals surface area contributed by atoms with E-state index in [1.54, 1.807) is 4.68 Å². The summed E-state index contributed by atoms with van der Waals surface area (Å²) in [6, 6.07) is 0.459. The number of amides is 1. The average molecular weight is 376 g/mol. The molecule has 1 aromatic heterocycles. The van der Waals surface area contributed by atoms with Crippen molar-refractivity contribution in [3.63, 3.8) is 0 Å². The molecule has 27 heavy (non-hydrogen) atoms. The van der Waals surface area contributed by atoms with E-state index < -0.39 is 0 Å². The lowest BCUT2D eigenvalue weighted by atomic mass is 9.77. The van der Waals surface area contributed by atoms with Crippen LogP contribution in [0.4, 0.5) is 0 Å². The second-order valence-corrected chi connectivity index (χ2v) is 9.00. The third-order valence-electron chi connectivity index (χ3n) is 6.59. The van der Waals surface area contributed by atoms with E-state index in [-0.39, 0.29) is 5.91 Å². The first kappa shape index (κ1) is 18.9. The molecule has 2 aliphatic carbocycles. The third kappa shape index (κ3) is 4.19. The van der Waals surface area contributed by atoms with Gasteiger partial charge in [-0.3, -0.25) is 4.79 Å². The summed E-state index contributed by atoms with van der Waals surface area (Å²) in [5.41, 5.74) is 0. The Morgan fingerprint density at radius 2 is 1.89 bits per heavy atom. The number of carbonyl (C=O) groups is 1. The zero-order valence-corrected chi connectivity index (χ0v) is 17.1. The van der Waals surface area contributed by atoms with Crippen molar-refractivity contribution in [2.45, 2.75) is 58.2 Å². The Balaban J connectivity index is 1.37. The minimum atomic E-state index is 0.161. The van der Waals surface area contributed by atoms with Gasteiger partial charge >= 0.3 is 0 Å². The lowest BCUT2D eigenvalue weighted by Crippen LogP contribution is -2.48. The van der Waals surface area contributed by atoms with Crippen molar-refractivity contribution >= 4 is 5.91 Å². The van der Waals surface area contributed by atoms with Crippen LogP contribution in [0.3, 0.4) is 0 Å². The molecule has 2 saturated carbocycles. The van der Waals surface area contributed by atoms with Gasteiger partial charge < -0.3 is 14.5 Å². The van der Waals surface area contributed by atoms with Crippen molar-refractivity contribution in [1.82, 2.24) is 24.6 Å². The fourth-order valence-corrected chi connectivity index (χ4v) is 4.80. The van der Waals surface area contributed by atoms with Gasteiger partial charge in [-0.1, -0.05) is 0 Å². The number of likely N-dealkylation sites (N-methyl/N-ethyl adjacent to an activating group) is 1. The van der Waals surface area contributed by atoms with E-state index in [0.29, 0.717) is 30.5 Å². The van der Waals surface area contributed by atoms with Crippen molar-refractivity contribution in [3.8, 4) is 0 Å². The molecule has 0 spiro atoms. The van der Waals surface area contributed by atoms with Gasteiger partial charge in [-0.2, -0.15) is 5.10 Å². The predicted molar refractivity (Wildman–Crippen MR) is 102 cm³/mol. The summed E-state index contributed by atoms with van der Waals surface area (Å²) < 4.78 is 8.06. The number of aryl methyl sites for hydroxylation is 2. The summed E-state index contributed by atoms with van der Waals surface area (Å²) in [7, 11) is 4.32. The topological polar surface area (TPSA) is 63.5 Å². The second-order valence-electron chi connectivity index (χ2n) is 9.00. The molecule has 0 aromatic carbocycles. The van der Waals surface area contributed by atoms with Crippen LogP contribution in [0, 0.1) is 31.6 Å². The lowest BCUT2D eigenvalue weighted by molar-refractivity contribution is -0.131. The predicted octanol–water partition coefficient (Wildman–Crippen LogP) is 1.49. The van der Waals surface area contributed by atoms with E-state index >= 15 is 0 Å². The zero-order valence-electron chi connectivity index (χ0n) is 17.1. The summed E-state index contributed by atoms with van der Waals surface area (Å²) in [4.78, 5) is 21.5. The van der Waals surface area contributed by atoms with E-state index in [0.717, 1.165) is 50.1 Å². The maximum Gasteiger partial charge on any atom is 0.244 e. The van der Waals surface area contributed by atoms with Crippen LogP contribution >= 0.6 is 0 Å². The minimum Gasteiger partial charge on any atom is -0.376 e. The van der Waals surface area contributed by atoms with Crippen LogP contribution in [-0.4, -0.2) is 76.4 Å². The minimum absolute atomic E-state index is 0.161. The molecule has 1 aromatic rings. The Morgan fingerprint density at radius 1 is 1.19 bits per heavy atom. The Bertz CT molecular complexity index is 684. The molecule has 0 unspecified atom stereocenters. The van der Waals surface area contributed by atoms with E-state index in [2.05, 4.69) is 29.1 Å². The van der Waals surface area contributed by atoms with Crippen LogP contribution < -0.4 is 0 Å². The van der Waals surface area contributed by atoms with Crippen molar-refractivity contribution < 1.29 is 9.53 Å². The number of rotatable bonds is 6. The van der Waals surface area contributed by atoms with Crippen LogP contribution in [0.1, 0.15) is 37.3 Å². The number of nitrogens with zero attached hydrogens (tertiary/aromatic N) is 5. The van der Waals surface area contributed by atoms with Gasteiger partial charge in [0, 0.05) is 25.7 Å². The molecule has 150 valence electrons. The van der Waals surface area contributed by atoms with Crippen molar-refractivity contribution in [3.05, 3.63) is 11.6 Å². The number of likely N-dealkylation sites (tertiary alicyclic amines) is 1. The molecule has 3 aliphatic rings. The van der Waals surface area contributed by atoms with E-state index in [1.807, 2.05) is 18.7 Å². The monoisotopic (exact) mass is 375 g/mol. The molecule has 4 atom stereocenters. The summed E-state index contributed by atoms with van der Waals surface area (Å²) >= 11 is 0. The smallest absolute Gasteiger partial charge is 0.244 e. The SMILES string of the molecule is Cc1nc(C)n(CC(=O)N2C[C@H]3C[C@@H](N(C)C)[C@H](OCC4CC4)C[C@H]3C2)n1. The van der Waals surface area contributed by atoms with Gasteiger partial charge in [0.05, 0.1) is 6.10 Å². The summed E-state index contributed by atoms with van der Waals surface area (Å²) in [5.74, 6) is 3.63. The number of hydrogen-bond acceptors (Lipinski definition) is 5. The Hall–Kier alpha value is -1.47. The highest BCUT2D eigenvalue weighted by Crippen LogP contribution is 2.40. The quantitative estimate of drug-likeness (QED) is 0.754. The molecule has 7 nitrogen and oxygen atoms in total. The first-order valence-electron chi connectivity index (χ1n) is 10.3. The summed E-state index contributed by atoms with van der Waals surface area (Å²) in [5, 5.41) is 4.34. The fraction of sp³-hybridized carbons (Fsp3) is 0.850. The van der Waals surface area contributed by atoms with Crippen molar-refractivity contribution in [1.29, 1.82) is 0 Å². The number of fused-ring (bicyclic) bond motifs is 1. The van der Waals surface area contributed by atoms with Crippen LogP contribution in [0.25, 0.3) is 0 Å². The number of aromatic nitrogens is 3. The molecule has 3 fully saturated rings. The summed E-state index contributed by atoms with van der Waals surface area (Å²) in [6.45, 7) is 6.71. The van der Waals surface area contributed by atoms with E-state index in [9.17, 15) is 4.79 Å². The Kier molecular flexibility index (Phi) is 5.25. The molecular formula is C20H33N5O2. The van der Waals surface area contributed by atoms with Gasteiger partial charge in [0.2, 0.25) is 5.91 Å². The molecule has 1 aliphatic heterocycles. The standard InChI is InChI=1S/C20H33N5O2/c1-13-21-14(2)25(22-13)11-20(26)24-9-16-7-18(23(3)4)19(8-17(16)10-24)27-12-15-5-6-15/h15-19H,5-12H2,1-4H3/t16-,17+,18-,19-/m1/s1. The van der Waals surface area contributed by atoms with Gasteiger partial charge in [-0.15, -0.1) is 0 Å². The number of carbonyl (C=O) groups excluding carboxylic acids is 1. The van der Waals surface area contributed by atoms with Gasteiger partial charge in [0.25, 0.3) is 0 Å². The maximum absolute atomic E-state index is 12.8. The molecule has 0 bridgehead atoms. The van der Waals surface area contributed by atoms with Gasteiger partial charge in [0.1, 0.15) is 18.2 Å². The zero-order chi connectivity index (χ0) is 19.1. The summed E-state index contributed by atoms with van der Waals surface area (Å²) in [6.07, 6.45) is 5.16. The molecule has 2 heterocycles. The van der Waals surface area contributed by atoms with Crippen molar-refractivity contribution in [2.75, 3.05) is 33.8 Å². The molecule has 4 rings (SSSR count). The number of ether oxygens (including phenoxy) is 1. The second kappa shape index (κ2) is 7.51. The Morgan fingerprint density at radius 3 is 2.48 bits per heavy atom. The normalized spacial score (nSPS) is 30.8. The first-order valence-corrected chi connectivity index (χ1v) is 10.3. The maximum atomic E-state index is 12.8. The third-order valence-corrected chi connectivity index (χ3v) is 6.59. The number of hydrogen-bond donors (Lipinski definition) is 0. The van der Waals surface area contributed by atoms with Gasteiger partial charge in [0.15, 0.2) is 0 Å². The lowest BCUT2D eigenvalue weighted by Gasteiger charge is -2.41. The average Bonchev–Trinajstić information content (AvgIpc) is 3.26. The highest BCUT2D eigenvalue weighted by atomic mass is 16.5. The van der Waals surface area contributed by atoms with E-state index in [4.69, 9.17) is 4.74 Å². The molecule has 1 amide bonds. The fourth-order valence-electron chi connectivity index (χ4n) is 4.80. The van der Waals surface area contributed by atoms with E-state index in [1.165, 1.54) is 12.8 Å². The van der Waals surface area contributed by atoms with Crippen LogP contribution in [-0.2, 0) is 16.1 Å². The molecule has 7 heteroatoms. The first-order chi connectivity index (χ1) is 12.9.